The Balaban J connectivity index is 0. The van der Waals surface area contributed by atoms with Crippen LogP contribution in [0.1, 0.15) is 20.8 Å². The summed E-state index contributed by atoms with van der Waals surface area (Å²) in [5, 5.41) is 5.61. The largest absolute Gasteiger partial charge is 0.355 e. The highest BCUT2D eigenvalue weighted by atomic mass is 16.6. The smallest absolute Gasteiger partial charge is 0.233 e. The molecule has 0 aliphatic heterocycles. The first-order chi connectivity index (χ1) is 5.81. The molecule has 0 aromatic rings. The standard InChI is InChI=1S/C7H17N3O2.CH4/c1-2-3-10-7(11)6-9-4-5-12-8;/h9H,2-6,8H2,1H3,(H,10,11);1H4. The van der Waals surface area contributed by atoms with Gasteiger partial charge in [0.1, 0.15) is 0 Å². The molecule has 0 saturated carbocycles. The fourth-order valence-corrected chi connectivity index (χ4v) is 0.660. The lowest BCUT2D eigenvalue weighted by atomic mass is 10.4. The molecule has 0 spiro atoms. The van der Waals surface area contributed by atoms with Crippen LogP contribution in [0.25, 0.3) is 0 Å². The Bertz CT molecular complexity index is 120. The van der Waals surface area contributed by atoms with Crippen molar-refractivity contribution in [2.45, 2.75) is 20.8 Å². The van der Waals surface area contributed by atoms with Crippen LogP contribution in [0.2, 0.25) is 0 Å². The summed E-state index contributed by atoms with van der Waals surface area (Å²) in [7, 11) is 0. The van der Waals surface area contributed by atoms with E-state index < -0.39 is 0 Å². The van der Waals surface area contributed by atoms with Crippen LogP contribution >= 0.6 is 0 Å². The number of hydrogen-bond acceptors (Lipinski definition) is 4. The van der Waals surface area contributed by atoms with Gasteiger partial charge in [-0.05, 0) is 6.42 Å². The highest BCUT2D eigenvalue weighted by molar-refractivity contribution is 5.77. The number of rotatable bonds is 7. The van der Waals surface area contributed by atoms with E-state index in [1.807, 2.05) is 6.92 Å². The van der Waals surface area contributed by atoms with Gasteiger partial charge in [-0.15, -0.1) is 0 Å². The molecule has 80 valence electrons. The molecule has 0 heterocycles. The Kier molecular flexibility index (Phi) is 13.0. The van der Waals surface area contributed by atoms with Crippen molar-refractivity contribution in [3.8, 4) is 0 Å². The van der Waals surface area contributed by atoms with Crippen LogP contribution in [0.4, 0.5) is 0 Å². The first-order valence-corrected chi connectivity index (χ1v) is 4.10. The molecule has 0 unspecified atom stereocenters. The molecule has 0 bridgehead atoms. The van der Waals surface area contributed by atoms with Gasteiger partial charge in [-0.1, -0.05) is 14.4 Å². The van der Waals surface area contributed by atoms with Gasteiger partial charge in [0.15, 0.2) is 0 Å². The monoisotopic (exact) mass is 191 g/mol. The van der Waals surface area contributed by atoms with E-state index in [0.717, 1.165) is 13.0 Å². The van der Waals surface area contributed by atoms with Crippen LogP contribution in [0.3, 0.4) is 0 Å². The Hall–Kier alpha value is -0.650. The van der Waals surface area contributed by atoms with Crippen LogP contribution in [-0.4, -0.2) is 32.1 Å². The maximum absolute atomic E-state index is 10.9. The van der Waals surface area contributed by atoms with Crippen LogP contribution in [0.5, 0.6) is 0 Å². The van der Waals surface area contributed by atoms with Crippen molar-refractivity contribution in [3.05, 3.63) is 0 Å². The van der Waals surface area contributed by atoms with E-state index in [0.29, 0.717) is 19.7 Å². The average molecular weight is 191 g/mol. The minimum atomic E-state index is 0. The minimum Gasteiger partial charge on any atom is -0.355 e. The summed E-state index contributed by atoms with van der Waals surface area (Å²) in [4.78, 5) is 15.2. The second-order valence-corrected chi connectivity index (χ2v) is 2.40. The number of carbonyl (C=O) groups excluding carboxylic acids is 1. The lowest BCUT2D eigenvalue weighted by Crippen LogP contribution is -2.35. The van der Waals surface area contributed by atoms with E-state index in [-0.39, 0.29) is 13.3 Å². The zero-order valence-electron chi connectivity index (χ0n) is 7.43. The molecule has 0 aliphatic carbocycles. The van der Waals surface area contributed by atoms with Crippen LogP contribution in [-0.2, 0) is 9.63 Å². The fraction of sp³-hybridized carbons (Fsp3) is 0.875. The third-order valence-electron chi connectivity index (χ3n) is 1.25. The van der Waals surface area contributed by atoms with Crippen molar-refractivity contribution in [2.24, 2.45) is 5.90 Å². The highest BCUT2D eigenvalue weighted by Crippen LogP contribution is 1.70. The average Bonchev–Trinajstić information content (AvgIpc) is 2.09. The molecule has 0 saturated heterocycles. The molecule has 0 atom stereocenters. The van der Waals surface area contributed by atoms with Gasteiger partial charge in [-0.25, -0.2) is 5.90 Å². The predicted molar refractivity (Wildman–Crippen MR) is 53.0 cm³/mol. The van der Waals surface area contributed by atoms with Crippen molar-refractivity contribution < 1.29 is 9.63 Å². The van der Waals surface area contributed by atoms with E-state index >= 15 is 0 Å². The molecule has 5 heteroatoms. The zero-order chi connectivity index (χ0) is 9.23. The van der Waals surface area contributed by atoms with Gasteiger partial charge in [0.25, 0.3) is 0 Å². The lowest BCUT2D eigenvalue weighted by molar-refractivity contribution is -0.120. The fourth-order valence-electron chi connectivity index (χ4n) is 0.660. The van der Waals surface area contributed by atoms with Gasteiger partial charge in [-0.3, -0.25) is 4.79 Å². The summed E-state index contributed by atoms with van der Waals surface area (Å²) in [6.07, 6.45) is 0.956. The molecule has 0 aromatic carbocycles. The van der Waals surface area contributed by atoms with E-state index in [4.69, 9.17) is 5.90 Å². The second kappa shape index (κ2) is 11.4. The maximum atomic E-state index is 10.9. The van der Waals surface area contributed by atoms with Crippen LogP contribution < -0.4 is 16.5 Å². The van der Waals surface area contributed by atoms with E-state index in [2.05, 4.69) is 15.5 Å². The van der Waals surface area contributed by atoms with E-state index in [1.165, 1.54) is 0 Å². The Labute approximate surface area is 80.0 Å². The number of hydrogen-bond donors (Lipinski definition) is 3. The first-order valence-electron chi connectivity index (χ1n) is 4.10. The van der Waals surface area contributed by atoms with Crippen molar-refractivity contribution in [2.75, 3.05) is 26.2 Å². The van der Waals surface area contributed by atoms with Crippen LogP contribution in [0, 0.1) is 0 Å². The lowest BCUT2D eigenvalue weighted by Gasteiger charge is -2.04. The van der Waals surface area contributed by atoms with Crippen molar-refractivity contribution in [1.82, 2.24) is 10.6 Å². The number of nitrogens with two attached hydrogens (primary N) is 1. The SMILES string of the molecule is C.CCCNC(=O)CNCCON. The number of amides is 1. The summed E-state index contributed by atoms with van der Waals surface area (Å²) >= 11 is 0. The Morgan fingerprint density at radius 3 is 2.69 bits per heavy atom. The topological polar surface area (TPSA) is 76.4 Å². The first kappa shape index (κ1) is 14.9. The zero-order valence-corrected chi connectivity index (χ0v) is 7.43. The summed E-state index contributed by atoms with van der Waals surface area (Å²) < 4.78 is 0. The molecule has 5 nitrogen and oxygen atoms in total. The Morgan fingerprint density at radius 2 is 2.15 bits per heavy atom. The molecule has 0 rings (SSSR count). The minimum absolute atomic E-state index is 0. The van der Waals surface area contributed by atoms with Gasteiger partial charge < -0.3 is 15.5 Å². The van der Waals surface area contributed by atoms with Gasteiger partial charge in [-0.2, -0.15) is 0 Å². The maximum Gasteiger partial charge on any atom is 0.233 e. The summed E-state index contributed by atoms with van der Waals surface area (Å²) in [6.45, 7) is 4.07. The quantitative estimate of drug-likeness (QED) is 0.379. The van der Waals surface area contributed by atoms with Crippen molar-refractivity contribution in [3.63, 3.8) is 0 Å². The number of nitrogens with one attached hydrogen (secondary N) is 2. The second-order valence-electron chi connectivity index (χ2n) is 2.40. The molecule has 0 radical (unpaired) electrons. The van der Waals surface area contributed by atoms with Gasteiger partial charge in [0, 0.05) is 13.1 Å². The normalized spacial score (nSPS) is 9.08. The molecule has 0 aliphatic rings. The predicted octanol–water partition coefficient (Wildman–Crippen LogP) is -0.371. The Morgan fingerprint density at radius 1 is 1.46 bits per heavy atom. The third kappa shape index (κ3) is 11.3. The van der Waals surface area contributed by atoms with Gasteiger partial charge in [0.05, 0.1) is 13.2 Å². The van der Waals surface area contributed by atoms with E-state index in [9.17, 15) is 4.79 Å². The van der Waals surface area contributed by atoms with E-state index in [1.54, 1.807) is 0 Å². The molecule has 0 fully saturated rings. The van der Waals surface area contributed by atoms with Gasteiger partial charge >= 0.3 is 0 Å². The molecule has 0 aromatic heterocycles. The van der Waals surface area contributed by atoms with Gasteiger partial charge in [0.2, 0.25) is 5.91 Å². The molecular weight excluding hydrogens is 170 g/mol. The molecule has 13 heavy (non-hydrogen) atoms. The third-order valence-corrected chi connectivity index (χ3v) is 1.25. The summed E-state index contributed by atoms with van der Waals surface area (Å²) in [5.74, 6) is 4.79. The summed E-state index contributed by atoms with van der Waals surface area (Å²) in [5.41, 5.74) is 0. The molecule has 1 amide bonds. The molecular formula is C8H21N3O2. The summed E-state index contributed by atoms with van der Waals surface area (Å²) in [6, 6.07) is 0. The van der Waals surface area contributed by atoms with Crippen molar-refractivity contribution >= 4 is 5.91 Å². The number of carbonyl (C=O) groups is 1. The molecule has 4 N–H and O–H groups in total. The van der Waals surface area contributed by atoms with Crippen LogP contribution in [0.15, 0.2) is 0 Å². The highest BCUT2D eigenvalue weighted by Gasteiger charge is 1.97. The van der Waals surface area contributed by atoms with Crippen molar-refractivity contribution in [1.29, 1.82) is 0 Å².